The summed E-state index contributed by atoms with van der Waals surface area (Å²) in [5.74, 6) is 0.913. The van der Waals surface area contributed by atoms with E-state index >= 15 is 0 Å². The van der Waals surface area contributed by atoms with Crippen molar-refractivity contribution >= 4 is 0 Å². The average molecular weight is 283 g/mol. The molecule has 2 aromatic rings. The van der Waals surface area contributed by atoms with E-state index in [1.54, 1.807) is 7.11 Å². The van der Waals surface area contributed by atoms with Crippen LogP contribution in [0, 0.1) is 0 Å². The maximum absolute atomic E-state index is 6.11. The Hall–Kier alpha value is -1.80. The molecule has 0 aromatic heterocycles. The molecule has 0 radical (unpaired) electrons. The van der Waals surface area contributed by atoms with Gasteiger partial charge in [-0.15, -0.1) is 0 Å². The van der Waals surface area contributed by atoms with Crippen LogP contribution in [0.4, 0.5) is 0 Å². The van der Waals surface area contributed by atoms with Crippen LogP contribution in [-0.2, 0) is 18.3 Å². The second-order valence-electron chi connectivity index (χ2n) is 5.81. The molecule has 0 fully saturated rings. The summed E-state index contributed by atoms with van der Waals surface area (Å²) in [6.07, 6.45) is 1.98. The molecule has 2 aromatic carbocycles. The molecule has 2 nitrogen and oxygen atoms in total. The number of hydrogen-bond donors (Lipinski definition) is 1. The lowest BCUT2D eigenvalue weighted by molar-refractivity contribution is 0.385. The fourth-order valence-corrected chi connectivity index (χ4v) is 2.76. The fraction of sp³-hybridized carbons (Fsp3) is 0.368. The van der Waals surface area contributed by atoms with Gasteiger partial charge >= 0.3 is 0 Å². The zero-order valence-corrected chi connectivity index (χ0v) is 13.2. The first kappa shape index (κ1) is 15.6. The van der Waals surface area contributed by atoms with Crippen molar-refractivity contribution in [2.45, 2.75) is 32.1 Å². The van der Waals surface area contributed by atoms with Crippen molar-refractivity contribution in [2.75, 3.05) is 13.7 Å². The van der Waals surface area contributed by atoms with E-state index in [1.165, 1.54) is 16.7 Å². The number of benzene rings is 2. The molecule has 0 amide bonds. The van der Waals surface area contributed by atoms with Crippen molar-refractivity contribution in [3.8, 4) is 5.75 Å². The van der Waals surface area contributed by atoms with Gasteiger partial charge in [0, 0.05) is 17.5 Å². The van der Waals surface area contributed by atoms with Crippen LogP contribution in [0.5, 0.6) is 5.75 Å². The van der Waals surface area contributed by atoms with Gasteiger partial charge in [-0.1, -0.05) is 56.3 Å². The molecule has 1 unspecified atom stereocenters. The highest BCUT2D eigenvalue weighted by Crippen LogP contribution is 2.34. The lowest BCUT2D eigenvalue weighted by Gasteiger charge is -2.30. The van der Waals surface area contributed by atoms with E-state index in [0.717, 1.165) is 18.6 Å². The first-order valence-corrected chi connectivity index (χ1v) is 7.54. The third-order valence-corrected chi connectivity index (χ3v) is 4.23. The molecule has 2 rings (SSSR count). The van der Waals surface area contributed by atoms with Crippen molar-refractivity contribution in [2.24, 2.45) is 5.73 Å². The second-order valence-corrected chi connectivity index (χ2v) is 5.81. The van der Waals surface area contributed by atoms with Crippen LogP contribution in [0.15, 0.2) is 48.5 Å². The minimum Gasteiger partial charge on any atom is -0.496 e. The van der Waals surface area contributed by atoms with Crippen LogP contribution in [-0.4, -0.2) is 13.7 Å². The number of para-hydroxylation sites is 1. The van der Waals surface area contributed by atoms with E-state index in [9.17, 15) is 0 Å². The normalized spacial score (nSPS) is 13.7. The third kappa shape index (κ3) is 3.45. The highest BCUT2D eigenvalue weighted by Gasteiger charge is 2.28. The van der Waals surface area contributed by atoms with E-state index < -0.39 is 0 Å². The van der Waals surface area contributed by atoms with Crippen molar-refractivity contribution in [3.63, 3.8) is 0 Å². The summed E-state index contributed by atoms with van der Waals surface area (Å²) in [4.78, 5) is 0. The highest BCUT2D eigenvalue weighted by molar-refractivity contribution is 5.41. The molecule has 21 heavy (non-hydrogen) atoms. The Morgan fingerprint density at radius 2 is 1.62 bits per heavy atom. The number of methoxy groups -OCH3 is 1. The predicted octanol–water partition coefficient (Wildman–Crippen LogP) is 3.72. The van der Waals surface area contributed by atoms with Gasteiger partial charge in [0.15, 0.2) is 0 Å². The van der Waals surface area contributed by atoms with Crippen molar-refractivity contribution < 1.29 is 4.74 Å². The molecule has 0 aliphatic heterocycles. The van der Waals surface area contributed by atoms with Crippen LogP contribution in [0.25, 0.3) is 0 Å². The van der Waals surface area contributed by atoms with Crippen LogP contribution in [0.1, 0.15) is 30.5 Å². The van der Waals surface area contributed by atoms with E-state index in [2.05, 4.69) is 44.2 Å². The van der Waals surface area contributed by atoms with Gasteiger partial charge in [-0.25, -0.2) is 0 Å². The molecule has 1 atom stereocenters. The van der Waals surface area contributed by atoms with Crippen LogP contribution >= 0.6 is 0 Å². The van der Waals surface area contributed by atoms with Gasteiger partial charge in [0.25, 0.3) is 0 Å². The lowest BCUT2D eigenvalue weighted by atomic mass is 9.77. The van der Waals surface area contributed by atoms with Gasteiger partial charge in [0.05, 0.1) is 7.11 Å². The maximum Gasteiger partial charge on any atom is 0.122 e. The van der Waals surface area contributed by atoms with E-state index in [4.69, 9.17) is 10.5 Å². The molecule has 0 aliphatic rings. The number of ether oxygens (including phenoxy) is 1. The summed E-state index contributed by atoms with van der Waals surface area (Å²) in [5, 5.41) is 0. The third-order valence-electron chi connectivity index (χ3n) is 4.23. The zero-order valence-electron chi connectivity index (χ0n) is 13.2. The van der Waals surface area contributed by atoms with Crippen molar-refractivity contribution in [1.29, 1.82) is 0 Å². The second kappa shape index (κ2) is 6.77. The first-order valence-electron chi connectivity index (χ1n) is 7.54. The highest BCUT2D eigenvalue weighted by atomic mass is 16.5. The number of rotatable bonds is 6. The Bertz CT molecular complexity index is 576. The number of hydrogen-bond acceptors (Lipinski definition) is 2. The number of nitrogens with two attached hydrogens (primary N) is 1. The molecule has 2 heteroatoms. The van der Waals surface area contributed by atoms with Crippen LogP contribution in [0.2, 0.25) is 0 Å². The molecular formula is C19H25NO. The standard InChI is InChI=1S/C19H25NO/c1-4-15-9-11-16(12-10-15)13-19(2,14-20)17-7-5-6-8-18(17)21-3/h5-12H,4,13-14,20H2,1-3H3. The van der Waals surface area contributed by atoms with Crippen molar-refractivity contribution in [3.05, 3.63) is 65.2 Å². The first-order chi connectivity index (χ1) is 10.1. The molecule has 0 aliphatic carbocycles. The quantitative estimate of drug-likeness (QED) is 0.877. The monoisotopic (exact) mass is 283 g/mol. The maximum atomic E-state index is 6.11. The minimum atomic E-state index is -0.125. The van der Waals surface area contributed by atoms with Crippen LogP contribution in [0.3, 0.4) is 0 Å². The van der Waals surface area contributed by atoms with E-state index in [-0.39, 0.29) is 5.41 Å². The molecule has 0 saturated carbocycles. The molecule has 0 bridgehead atoms. The van der Waals surface area contributed by atoms with Crippen LogP contribution < -0.4 is 10.5 Å². The topological polar surface area (TPSA) is 35.2 Å². The lowest BCUT2D eigenvalue weighted by Crippen LogP contribution is -2.34. The Balaban J connectivity index is 2.31. The Morgan fingerprint density at radius 1 is 1.00 bits per heavy atom. The molecule has 0 saturated heterocycles. The summed E-state index contributed by atoms with van der Waals surface area (Å²) in [6, 6.07) is 17.0. The summed E-state index contributed by atoms with van der Waals surface area (Å²) in [6.45, 7) is 4.97. The van der Waals surface area contributed by atoms with Gasteiger partial charge in [-0.3, -0.25) is 0 Å². The Morgan fingerprint density at radius 3 is 2.19 bits per heavy atom. The summed E-state index contributed by atoms with van der Waals surface area (Å²) < 4.78 is 5.51. The molecular weight excluding hydrogens is 258 g/mol. The average Bonchev–Trinajstić information content (AvgIpc) is 2.55. The Kier molecular flexibility index (Phi) is 5.03. The van der Waals surface area contributed by atoms with E-state index in [0.29, 0.717) is 6.54 Å². The summed E-state index contributed by atoms with van der Waals surface area (Å²) >= 11 is 0. The summed E-state index contributed by atoms with van der Waals surface area (Å²) in [7, 11) is 1.71. The number of aryl methyl sites for hydroxylation is 1. The summed E-state index contributed by atoms with van der Waals surface area (Å²) in [5.41, 5.74) is 9.84. The zero-order chi connectivity index (χ0) is 15.3. The van der Waals surface area contributed by atoms with Crippen molar-refractivity contribution in [1.82, 2.24) is 0 Å². The minimum absolute atomic E-state index is 0.125. The molecule has 2 N–H and O–H groups in total. The van der Waals surface area contributed by atoms with Gasteiger partial charge in [0.2, 0.25) is 0 Å². The smallest absolute Gasteiger partial charge is 0.122 e. The van der Waals surface area contributed by atoms with E-state index in [1.807, 2.05) is 18.2 Å². The van der Waals surface area contributed by atoms with Gasteiger partial charge in [-0.05, 0) is 30.0 Å². The van der Waals surface area contributed by atoms with Gasteiger partial charge in [0.1, 0.15) is 5.75 Å². The molecule has 0 spiro atoms. The predicted molar refractivity (Wildman–Crippen MR) is 88.9 cm³/mol. The van der Waals surface area contributed by atoms with Gasteiger partial charge < -0.3 is 10.5 Å². The Labute approximate surface area is 127 Å². The molecule has 112 valence electrons. The largest absolute Gasteiger partial charge is 0.496 e. The van der Waals surface area contributed by atoms with Gasteiger partial charge in [-0.2, -0.15) is 0 Å². The fourth-order valence-electron chi connectivity index (χ4n) is 2.76. The molecule has 0 heterocycles. The SMILES string of the molecule is CCc1ccc(CC(C)(CN)c2ccccc2OC)cc1.